The molecule has 108 valence electrons. The highest BCUT2D eigenvalue weighted by Crippen LogP contribution is 2.16. The molecule has 5 nitrogen and oxygen atoms in total. The molecule has 0 aliphatic carbocycles. The Morgan fingerprint density at radius 1 is 1.33 bits per heavy atom. The molecule has 0 saturated heterocycles. The van der Waals surface area contributed by atoms with Gasteiger partial charge in [0.2, 0.25) is 5.91 Å². The van der Waals surface area contributed by atoms with E-state index in [4.69, 9.17) is 0 Å². The van der Waals surface area contributed by atoms with Gasteiger partial charge in [0.15, 0.2) is 5.13 Å². The maximum Gasteiger partial charge on any atom is 0.226 e. The number of pyridine rings is 1. The van der Waals surface area contributed by atoms with Crippen LogP contribution in [0, 0.1) is 13.8 Å². The summed E-state index contributed by atoms with van der Waals surface area (Å²) in [6, 6.07) is 5.90. The number of carbonyl (C=O) groups excluding carboxylic acids is 1. The quantitative estimate of drug-likeness (QED) is 0.806. The number of rotatable bonds is 4. The Hall–Kier alpha value is -2.21. The largest absolute Gasteiger partial charge is 0.304 e. The van der Waals surface area contributed by atoms with Gasteiger partial charge in [-0.3, -0.25) is 4.79 Å². The first-order valence-corrected chi connectivity index (χ1v) is 7.66. The first-order valence-electron chi connectivity index (χ1n) is 6.78. The van der Waals surface area contributed by atoms with Crippen LogP contribution < -0.4 is 5.32 Å². The number of imidazole rings is 1. The van der Waals surface area contributed by atoms with Crippen molar-refractivity contribution in [3.05, 3.63) is 46.9 Å². The monoisotopic (exact) mass is 300 g/mol. The second-order valence-electron chi connectivity index (χ2n) is 4.91. The molecule has 3 aromatic rings. The smallest absolute Gasteiger partial charge is 0.226 e. The summed E-state index contributed by atoms with van der Waals surface area (Å²) in [5.41, 5.74) is 3.89. The molecule has 0 aliphatic heterocycles. The first kappa shape index (κ1) is 13.8. The molecule has 3 heterocycles. The van der Waals surface area contributed by atoms with Crippen molar-refractivity contribution in [1.29, 1.82) is 0 Å². The topological polar surface area (TPSA) is 59.3 Å². The number of hydrogen-bond acceptors (Lipinski definition) is 4. The van der Waals surface area contributed by atoms with Crippen LogP contribution >= 0.6 is 11.3 Å². The maximum absolute atomic E-state index is 12.0. The Kier molecular flexibility index (Phi) is 3.70. The van der Waals surface area contributed by atoms with Crippen LogP contribution in [0.4, 0.5) is 5.13 Å². The average molecular weight is 300 g/mol. The van der Waals surface area contributed by atoms with Gasteiger partial charge in [-0.2, -0.15) is 0 Å². The van der Waals surface area contributed by atoms with Crippen LogP contribution in [-0.2, 0) is 11.2 Å². The second-order valence-corrected chi connectivity index (χ2v) is 5.77. The van der Waals surface area contributed by atoms with Gasteiger partial charge >= 0.3 is 0 Å². The Morgan fingerprint density at radius 3 is 2.95 bits per heavy atom. The second kappa shape index (κ2) is 5.65. The number of aryl methyl sites for hydroxylation is 3. The van der Waals surface area contributed by atoms with Gasteiger partial charge in [-0.1, -0.05) is 6.07 Å². The molecule has 6 heteroatoms. The lowest BCUT2D eigenvalue weighted by Crippen LogP contribution is -2.13. The number of nitrogens with one attached hydrogen (secondary N) is 1. The zero-order valence-corrected chi connectivity index (χ0v) is 12.8. The Labute approximate surface area is 126 Å². The van der Waals surface area contributed by atoms with Crippen LogP contribution in [0.5, 0.6) is 0 Å². The number of fused-ring (bicyclic) bond motifs is 1. The molecule has 0 radical (unpaired) electrons. The summed E-state index contributed by atoms with van der Waals surface area (Å²) in [6.45, 7) is 3.89. The first-order chi connectivity index (χ1) is 10.1. The zero-order chi connectivity index (χ0) is 14.8. The van der Waals surface area contributed by atoms with Crippen LogP contribution in [0.2, 0.25) is 0 Å². The van der Waals surface area contributed by atoms with Crippen molar-refractivity contribution in [1.82, 2.24) is 14.4 Å². The molecular weight excluding hydrogens is 284 g/mol. The van der Waals surface area contributed by atoms with E-state index in [1.165, 1.54) is 11.3 Å². The van der Waals surface area contributed by atoms with Crippen LogP contribution in [0.1, 0.15) is 23.5 Å². The molecule has 0 atom stereocenters. The Morgan fingerprint density at radius 2 is 2.19 bits per heavy atom. The SMILES string of the molecule is Cc1csc(NC(=O)CCc2c(C)nc3ccccn23)n1. The summed E-state index contributed by atoms with van der Waals surface area (Å²) in [4.78, 5) is 20.7. The van der Waals surface area contributed by atoms with E-state index < -0.39 is 0 Å². The summed E-state index contributed by atoms with van der Waals surface area (Å²) in [6.07, 6.45) is 3.06. The highest BCUT2D eigenvalue weighted by molar-refractivity contribution is 7.13. The fraction of sp³-hybridized carbons (Fsp3) is 0.267. The number of aromatic nitrogens is 3. The molecule has 0 aromatic carbocycles. The van der Waals surface area contributed by atoms with Gasteiger partial charge in [0, 0.05) is 23.7 Å². The van der Waals surface area contributed by atoms with E-state index in [0.717, 1.165) is 22.7 Å². The molecule has 0 fully saturated rings. The lowest BCUT2D eigenvalue weighted by atomic mass is 10.2. The summed E-state index contributed by atoms with van der Waals surface area (Å²) in [7, 11) is 0. The van der Waals surface area contributed by atoms with Crippen molar-refractivity contribution in [2.75, 3.05) is 5.32 Å². The highest BCUT2D eigenvalue weighted by atomic mass is 32.1. The highest BCUT2D eigenvalue weighted by Gasteiger charge is 2.11. The molecule has 21 heavy (non-hydrogen) atoms. The molecule has 1 amide bonds. The van der Waals surface area contributed by atoms with Gasteiger partial charge in [-0.05, 0) is 32.4 Å². The fourth-order valence-corrected chi connectivity index (χ4v) is 2.99. The van der Waals surface area contributed by atoms with E-state index in [0.29, 0.717) is 18.0 Å². The van der Waals surface area contributed by atoms with E-state index in [9.17, 15) is 4.79 Å². The van der Waals surface area contributed by atoms with Crippen molar-refractivity contribution >= 4 is 28.0 Å². The minimum absolute atomic E-state index is 0.0189. The molecule has 3 rings (SSSR count). The number of hydrogen-bond donors (Lipinski definition) is 1. The maximum atomic E-state index is 12.0. The number of anilines is 1. The minimum Gasteiger partial charge on any atom is -0.304 e. The average Bonchev–Trinajstić information content (AvgIpc) is 2.99. The molecule has 0 bridgehead atoms. The summed E-state index contributed by atoms with van der Waals surface area (Å²) in [5.74, 6) is -0.0189. The van der Waals surface area contributed by atoms with Crippen molar-refractivity contribution in [3.8, 4) is 0 Å². The molecular formula is C15H16N4OS. The van der Waals surface area contributed by atoms with Crippen molar-refractivity contribution < 1.29 is 4.79 Å². The van der Waals surface area contributed by atoms with Gasteiger partial charge < -0.3 is 9.72 Å². The summed E-state index contributed by atoms with van der Waals surface area (Å²) >= 11 is 1.45. The third-order valence-corrected chi connectivity index (χ3v) is 4.16. The predicted molar refractivity (Wildman–Crippen MR) is 83.7 cm³/mol. The minimum atomic E-state index is -0.0189. The molecule has 0 saturated carbocycles. The molecule has 0 unspecified atom stereocenters. The van der Waals surface area contributed by atoms with E-state index in [1.807, 2.05) is 48.0 Å². The van der Waals surface area contributed by atoms with E-state index in [-0.39, 0.29) is 5.91 Å². The molecule has 1 N–H and O–H groups in total. The Bertz CT molecular complexity index is 790. The fourth-order valence-electron chi connectivity index (χ4n) is 2.29. The van der Waals surface area contributed by atoms with Crippen LogP contribution in [0.25, 0.3) is 5.65 Å². The van der Waals surface area contributed by atoms with Gasteiger partial charge in [0.05, 0.1) is 11.4 Å². The van der Waals surface area contributed by atoms with E-state index in [1.54, 1.807) is 0 Å². The molecule has 0 spiro atoms. The number of carbonyl (C=O) groups is 1. The molecule has 3 aromatic heterocycles. The molecule has 0 aliphatic rings. The van der Waals surface area contributed by atoms with Crippen molar-refractivity contribution in [3.63, 3.8) is 0 Å². The number of thiazole rings is 1. The van der Waals surface area contributed by atoms with E-state index >= 15 is 0 Å². The Balaban J connectivity index is 1.69. The van der Waals surface area contributed by atoms with Gasteiger partial charge in [0.1, 0.15) is 5.65 Å². The lowest BCUT2D eigenvalue weighted by molar-refractivity contribution is -0.116. The van der Waals surface area contributed by atoms with Crippen molar-refractivity contribution in [2.24, 2.45) is 0 Å². The third kappa shape index (κ3) is 2.95. The zero-order valence-electron chi connectivity index (χ0n) is 12.0. The van der Waals surface area contributed by atoms with Gasteiger partial charge in [-0.25, -0.2) is 9.97 Å². The lowest BCUT2D eigenvalue weighted by Gasteiger charge is -2.03. The normalized spacial score (nSPS) is 11.0. The number of nitrogens with zero attached hydrogens (tertiary/aromatic N) is 3. The van der Waals surface area contributed by atoms with Crippen molar-refractivity contribution in [2.45, 2.75) is 26.7 Å². The number of amides is 1. The van der Waals surface area contributed by atoms with Gasteiger partial charge in [0.25, 0.3) is 0 Å². The van der Waals surface area contributed by atoms with Crippen LogP contribution in [0.3, 0.4) is 0 Å². The summed E-state index contributed by atoms with van der Waals surface area (Å²) in [5, 5.41) is 5.41. The van der Waals surface area contributed by atoms with E-state index in [2.05, 4.69) is 15.3 Å². The van der Waals surface area contributed by atoms with Gasteiger partial charge in [-0.15, -0.1) is 11.3 Å². The predicted octanol–water partition coefficient (Wildman–Crippen LogP) is 2.98. The third-order valence-electron chi connectivity index (χ3n) is 3.28. The standard InChI is InChI=1S/C15H16N4OS/c1-10-9-21-15(16-10)18-14(20)7-6-12-11(2)17-13-5-3-4-8-19(12)13/h3-5,8-9H,6-7H2,1-2H3,(H,16,18,20). The van der Waals surface area contributed by atoms with Crippen LogP contribution in [-0.4, -0.2) is 20.3 Å². The van der Waals surface area contributed by atoms with Crippen LogP contribution in [0.15, 0.2) is 29.8 Å². The summed E-state index contributed by atoms with van der Waals surface area (Å²) < 4.78 is 2.04.